The molecule has 0 aromatic carbocycles. The predicted octanol–water partition coefficient (Wildman–Crippen LogP) is 1.96. The summed E-state index contributed by atoms with van der Waals surface area (Å²) in [5, 5.41) is 3.66. The Bertz CT molecular complexity index is 426. The Labute approximate surface area is 112 Å². The van der Waals surface area contributed by atoms with Crippen LogP contribution in [0.15, 0.2) is 0 Å². The zero-order valence-electron chi connectivity index (χ0n) is 11.7. The van der Waals surface area contributed by atoms with Gasteiger partial charge in [-0.25, -0.2) is 4.98 Å². The molecule has 0 radical (unpaired) electrons. The monoisotopic (exact) mass is 270 g/mol. The van der Waals surface area contributed by atoms with Gasteiger partial charge in [0.2, 0.25) is 0 Å². The number of amides is 1. The van der Waals surface area contributed by atoms with E-state index in [-0.39, 0.29) is 11.3 Å². The maximum Gasteiger partial charge on any atom is 0.265 e. The summed E-state index contributed by atoms with van der Waals surface area (Å²) in [6, 6.07) is 0. The number of carbonyl (C=O) groups is 1. The van der Waals surface area contributed by atoms with Gasteiger partial charge in [-0.05, 0) is 11.8 Å². The predicted molar refractivity (Wildman–Crippen MR) is 77.3 cm³/mol. The lowest BCUT2D eigenvalue weighted by atomic mass is 9.90. The fourth-order valence-electron chi connectivity index (χ4n) is 1.20. The van der Waals surface area contributed by atoms with E-state index in [1.165, 1.54) is 11.3 Å². The Hall–Kier alpha value is -1.30. The minimum Gasteiger partial charge on any atom is -0.382 e. The summed E-state index contributed by atoms with van der Waals surface area (Å²) in [6.07, 6.45) is 1.01. The van der Waals surface area contributed by atoms with Crippen molar-refractivity contribution in [3.8, 4) is 0 Å². The van der Waals surface area contributed by atoms with E-state index < -0.39 is 0 Å². The van der Waals surface area contributed by atoms with Gasteiger partial charge in [-0.1, -0.05) is 32.1 Å². The number of hydrogen-bond donors (Lipinski definition) is 2. The molecule has 6 heteroatoms. The Morgan fingerprint density at radius 1 is 1.50 bits per heavy atom. The molecule has 0 saturated carbocycles. The summed E-state index contributed by atoms with van der Waals surface area (Å²) >= 11 is 1.31. The lowest BCUT2D eigenvalue weighted by Crippen LogP contribution is -2.33. The second-order valence-electron chi connectivity index (χ2n) is 5.31. The van der Waals surface area contributed by atoms with Crippen LogP contribution in [0.2, 0.25) is 0 Å². The van der Waals surface area contributed by atoms with Crippen molar-refractivity contribution in [2.24, 2.45) is 5.41 Å². The maximum atomic E-state index is 12.0. The summed E-state index contributed by atoms with van der Waals surface area (Å²) < 4.78 is 0. The smallest absolute Gasteiger partial charge is 0.265 e. The number of aromatic nitrogens is 1. The Kier molecular flexibility index (Phi) is 4.56. The summed E-state index contributed by atoms with van der Waals surface area (Å²) in [5.41, 5.74) is 5.86. The van der Waals surface area contributed by atoms with Gasteiger partial charge in [-0.15, -0.1) is 0 Å². The molecule has 1 aromatic heterocycles. The molecule has 1 amide bonds. The largest absolute Gasteiger partial charge is 0.382 e. The average molecular weight is 270 g/mol. The first kappa shape index (κ1) is 14.8. The van der Waals surface area contributed by atoms with Gasteiger partial charge in [-0.2, -0.15) is 0 Å². The summed E-state index contributed by atoms with van der Waals surface area (Å²) in [5.74, 6) is 0.162. The van der Waals surface area contributed by atoms with E-state index in [1.807, 2.05) is 19.0 Å². The van der Waals surface area contributed by atoms with Gasteiger partial charge >= 0.3 is 0 Å². The molecule has 0 spiro atoms. The van der Waals surface area contributed by atoms with Gasteiger partial charge in [-0.3, -0.25) is 4.79 Å². The van der Waals surface area contributed by atoms with E-state index in [4.69, 9.17) is 5.73 Å². The van der Waals surface area contributed by atoms with Crippen LogP contribution in [0.1, 0.15) is 36.9 Å². The van der Waals surface area contributed by atoms with Gasteiger partial charge in [0.15, 0.2) is 5.13 Å². The molecule has 1 heterocycles. The normalized spacial score (nSPS) is 11.4. The lowest BCUT2D eigenvalue weighted by Gasteiger charge is -2.22. The minimum absolute atomic E-state index is 0.0967. The molecular weight excluding hydrogens is 248 g/mol. The third-order valence-electron chi connectivity index (χ3n) is 2.92. The van der Waals surface area contributed by atoms with Crippen molar-refractivity contribution >= 4 is 28.2 Å². The molecule has 0 aliphatic heterocycles. The number of rotatable bonds is 5. The van der Waals surface area contributed by atoms with Gasteiger partial charge < -0.3 is 16.0 Å². The Morgan fingerprint density at radius 3 is 2.56 bits per heavy atom. The van der Waals surface area contributed by atoms with Crippen molar-refractivity contribution < 1.29 is 4.79 Å². The molecule has 0 aliphatic carbocycles. The van der Waals surface area contributed by atoms with Crippen LogP contribution in [-0.4, -0.2) is 31.5 Å². The molecule has 3 N–H and O–H groups in total. The number of nitrogens with two attached hydrogens (primary N) is 1. The molecule has 0 bridgehead atoms. The minimum atomic E-state index is -0.139. The van der Waals surface area contributed by atoms with Crippen LogP contribution in [0.3, 0.4) is 0 Å². The number of carbonyl (C=O) groups excluding carboxylic acids is 1. The fourth-order valence-corrected chi connectivity index (χ4v) is 2.02. The molecule has 0 fully saturated rings. The number of hydrogen-bond acceptors (Lipinski definition) is 5. The lowest BCUT2D eigenvalue weighted by molar-refractivity contribution is 0.0940. The fraction of sp³-hybridized carbons (Fsp3) is 0.667. The summed E-state index contributed by atoms with van der Waals surface area (Å²) in [6.45, 7) is 6.98. The third kappa shape index (κ3) is 3.60. The van der Waals surface area contributed by atoms with Crippen LogP contribution in [0, 0.1) is 5.41 Å². The zero-order valence-corrected chi connectivity index (χ0v) is 12.5. The molecule has 5 nitrogen and oxygen atoms in total. The van der Waals surface area contributed by atoms with E-state index in [2.05, 4.69) is 31.1 Å². The first-order valence-electron chi connectivity index (χ1n) is 5.98. The van der Waals surface area contributed by atoms with Crippen LogP contribution in [-0.2, 0) is 0 Å². The molecule has 18 heavy (non-hydrogen) atoms. The van der Waals surface area contributed by atoms with E-state index in [9.17, 15) is 4.79 Å². The highest BCUT2D eigenvalue weighted by atomic mass is 32.1. The second-order valence-corrected chi connectivity index (χ2v) is 6.28. The first-order valence-corrected chi connectivity index (χ1v) is 6.80. The molecule has 0 atom stereocenters. The maximum absolute atomic E-state index is 12.0. The highest BCUT2D eigenvalue weighted by molar-refractivity contribution is 7.18. The van der Waals surface area contributed by atoms with Crippen molar-refractivity contribution in [2.75, 3.05) is 31.3 Å². The van der Waals surface area contributed by atoms with E-state index in [0.717, 1.165) is 11.6 Å². The quantitative estimate of drug-likeness (QED) is 0.858. The van der Waals surface area contributed by atoms with Crippen molar-refractivity contribution in [1.82, 2.24) is 10.3 Å². The molecule has 0 unspecified atom stereocenters. The Balaban J connectivity index is 2.73. The molecule has 0 aliphatic rings. The molecule has 1 aromatic rings. The van der Waals surface area contributed by atoms with Crippen molar-refractivity contribution in [3.63, 3.8) is 0 Å². The standard InChI is InChI=1S/C12H22N4OS/c1-6-12(2,3)7-14-10(17)8-9(13)15-11(18-8)16(4)5/h6-7,13H2,1-5H3,(H,14,17). The topological polar surface area (TPSA) is 71.2 Å². The van der Waals surface area contributed by atoms with E-state index >= 15 is 0 Å². The van der Waals surface area contributed by atoms with Crippen LogP contribution < -0.4 is 16.0 Å². The van der Waals surface area contributed by atoms with Crippen LogP contribution >= 0.6 is 11.3 Å². The van der Waals surface area contributed by atoms with Gasteiger partial charge in [0.25, 0.3) is 5.91 Å². The van der Waals surface area contributed by atoms with Crippen molar-refractivity contribution in [1.29, 1.82) is 0 Å². The first-order chi connectivity index (χ1) is 8.26. The summed E-state index contributed by atoms with van der Waals surface area (Å²) in [7, 11) is 3.75. The zero-order chi connectivity index (χ0) is 13.9. The van der Waals surface area contributed by atoms with Crippen molar-refractivity contribution in [2.45, 2.75) is 27.2 Å². The van der Waals surface area contributed by atoms with Crippen LogP contribution in [0.5, 0.6) is 0 Å². The summed E-state index contributed by atoms with van der Waals surface area (Å²) in [4.78, 5) is 18.5. The highest BCUT2D eigenvalue weighted by Gasteiger charge is 2.20. The van der Waals surface area contributed by atoms with Crippen LogP contribution in [0.25, 0.3) is 0 Å². The molecular formula is C12H22N4OS. The van der Waals surface area contributed by atoms with Gasteiger partial charge in [0.05, 0.1) is 0 Å². The highest BCUT2D eigenvalue weighted by Crippen LogP contribution is 2.27. The number of anilines is 2. The second kappa shape index (κ2) is 5.56. The van der Waals surface area contributed by atoms with E-state index in [0.29, 0.717) is 17.2 Å². The van der Waals surface area contributed by atoms with Crippen molar-refractivity contribution in [3.05, 3.63) is 4.88 Å². The third-order valence-corrected chi connectivity index (χ3v) is 4.15. The molecule has 102 valence electrons. The van der Waals surface area contributed by atoms with Crippen LogP contribution in [0.4, 0.5) is 10.9 Å². The number of nitrogens with zero attached hydrogens (tertiary/aromatic N) is 2. The Morgan fingerprint density at radius 2 is 2.11 bits per heavy atom. The SMILES string of the molecule is CCC(C)(C)CNC(=O)c1sc(N(C)C)nc1N. The molecule has 0 saturated heterocycles. The van der Waals surface area contributed by atoms with Gasteiger partial charge in [0, 0.05) is 20.6 Å². The number of nitrogens with one attached hydrogen (secondary N) is 1. The van der Waals surface area contributed by atoms with E-state index in [1.54, 1.807) is 0 Å². The number of nitrogen functional groups attached to an aromatic ring is 1. The van der Waals surface area contributed by atoms with Gasteiger partial charge in [0.1, 0.15) is 10.7 Å². The number of thiazole rings is 1. The average Bonchev–Trinajstić information content (AvgIpc) is 2.69. The molecule has 1 rings (SSSR count).